The molecule has 0 saturated heterocycles. The summed E-state index contributed by atoms with van der Waals surface area (Å²) in [6.45, 7) is 14.5. The van der Waals surface area contributed by atoms with Crippen molar-refractivity contribution in [1.82, 2.24) is 0 Å². The van der Waals surface area contributed by atoms with E-state index in [0.29, 0.717) is 0 Å². The van der Waals surface area contributed by atoms with E-state index in [4.69, 9.17) is 0 Å². The molecule has 0 unspecified atom stereocenters. The van der Waals surface area contributed by atoms with Crippen molar-refractivity contribution in [3.63, 3.8) is 0 Å². The molecule has 0 aliphatic rings. The molecule has 74 valence electrons. The Kier molecular flexibility index (Phi) is 165. The minimum Gasteiger partial charge on any atom is -0.180 e. The number of hydrogen-bond donors (Lipinski definition) is 1. The summed E-state index contributed by atoms with van der Waals surface area (Å²) < 4.78 is 0. The van der Waals surface area contributed by atoms with Crippen LogP contribution in [0.5, 0.6) is 0 Å². The summed E-state index contributed by atoms with van der Waals surface area (Å²) in [4.78, 5) is 0. The Morgan fingerprint density at radius 1 is 0.727 bits per heavy atom. The quantitative estimate of drug-likeness (QED) is 0.509. The zero-order valence-electron chi connectivity index (χ0n) is 9.57. The van der Waals surface area contributed by atoms with E-state index in [1.54, 1.807) is 0 Å². The van der Waals surface area contributed by atoms with Gasteiger partial charge in [0.25, 0.3) is 0 Å². The van der Waals surface area contributed by atoms with Crippen LogP contribution in [0.25, 0.3) is 0 Å². The van der Waals surface area contributed by atoms with E-state index in [2.05, 4.69) is 40.3 Å². The van der Waals surface area contributed by atoms with Crippen LogP contribution in [-0.2, 0) is 0 Å². The van der Waals surface area contributed by atoms with E-state index in [1.807, 2.05) is 20.8 Å². The van der Waals surface area contributed by atoms with Gasteiger partial charge in [0.2, 0.25) is 0 Å². The summed E-state index contributed by atoms with van der Waals surface area (Å²) in [5, 5.41) is 0. The van der Waals surface area contributed by atoms with Gasteiger partial charge in [0.1, 0.15) is 0 Å². The number of rotatable bonds is 0. The third-order valence-corrected chi connectivity index (χ3v) is 0. The van der Waals surface area contributed by atoms with Crippen LogP contribution in [0.3, 0.4) is 0 Å². The molecule has 0 aromatic carbocycles. The third kappa shape index (κ3) is 5890. The highest BCUT2D eigenvalue weighted by Crippen LogP contribution is 1.58. The maximum atomic E-state index is 3.79. The van der Waals surface area contributed by atoms with Crippen LogP contribution in [0.2, 0.25) is 0 Å². The molecule has 0 aromatic rings. The van der Waals surface area contributed by atoms with Gasteiger partial charge in [0, 0.05) is 0 Å². The number of hydrogen-bond acceptors (Lipinski definition) is 1. The first-order valence-electron chi connectivity index (χ1n) is 4.85. The van der Waals surface area contributed by atoms with Crippen LogP contribution in [0.1, 0.15) is 61.3 Å². The molecule has 0 rings (SSSR count). The fourth-order valence-electron chi connectivity index (χ4n) is 0. The highest BCUT2D eigenvalue weighted by molar-refractivity contribution is 7.80. The van der Waals surface area contributed by atoms with Gasteiger partial charge >= 0.3 is 0 Å². The smallest absolute Gasteiger partial charge is 0.0126 e. The highest BCUT2D eigenvalue weighted by Gasteiger charge is 1.36. The fraction of sp³-hybridized carbons (Fsp3) is 1.00. The molecule has 0 fully saturated rings. The zero-order valence-corrected chi connectivity index (χ0v) is 10.5. The van der Waals surface area contributed by atoms with Gasteiger partial charge in [0.05, 0.1) is 0 Å². The van der Waals surface area contributed by atoms with Crippen LogP contribution in [0, 0.1) is 0 Å². The molecule has 0 aliphatic carbocycles. The molecule has 0 aliphatic heterocycles. The summed E-state index contributed by atoms with van der Waals surface area (Å²) in [6, 6.07) is 0. The molecule has 1 heteroatoms. The van der Waals surface area contributed by atoms with E-state index in [-0.39, 0.29) is 0 Å². The molecule has 0 saturated carbocycles. The molecule has 0 nitrogen and oxygen atoms in total. The van der Waals surface area contributed by atoms with Crippen LogP contribution < -0.4 is 0 Å². The minimum absolute atomic E-state index is 0.944. The molecule has 0 atom stereocenters. The summed E-state index contributed by atoms with van der Waals surface area (Å²) in [7, 11) is 0. The van der Waals surface area contributed by atoms with E-state index < -0.39 is 0 Å². The van der Waals surface area contributed by atoms with Gasteiger partial charge in [-0.2, -0.15) is 12.6 Å². The monoisotopic (exact) mass is 180 g/mol. The second kappa shape index (κ2) is 80.6. The Hall–Kier alpha value is 0.350. The molecular formula is C10H28S. The molecule has 0 radical (unpaired) electrons. The average Bonchev–Trinajstić information content (AvgIpc) is 1.96. The first-order valence-corrected chi connectivity index (χ1v) is 5.48. The second-order valence-corrected chi connectivity index (χ2v) is 2.36. The second-order valence-electron chi connectivity index (χ2n) is 1.73. The zero-order chi connectivity index (χ0) is 10.1. The van der Waals surface area contributed by atoms with Crippen molar-refractivity contribution in [1.29, 1.82) is 0 Å². The SMILES string of the molecule is CC.CCC.CCC.CCS. The Balaban J connectivity index is -0.0000000301. The van der Waals surface area contributed by atoms with Gasteiger partial charge in [-0.15, -0.1) is 0 Å². The van der Waals surface area contributed by atoms with Gasteiger partial charge < -0.3 is 0 Å². The molecule has 0 N–H and O–H groups in total. The predicted molar refractivity (Wildman–Crippen MR) is 62.8 cm³/mol. The van der Waals surface area contributed by atoms with Crippen molar-refractivity contribution in [3.05, 3.63) is 0 Å². The maximum absolute atomic E-state index is 3.79. The summed E-state index contributed by atoms with van der Waals surface area (Å²) in [6.07, 6.45) is 2.50. The Morgan fingerprint density at radius 3 is 0.727 bits per heavy atom. The van der Waals surface area contributed by atoms with E-state index in [1.165, 1.54) is 12.8 Å². The van der Waals surface area contributed by atoms with Crippen molar-refractivity contribution in [2.45, 2.75) is 61.3 Å². The first-order chi connectivity index (χ1) is 5.24. The van der Waals surface area contributed by atoms with E-state index >= 15 is 0 Å². The van der Waals surface area contributed by atoms with Crippen LogP contribution in [-0.4, -0.2) is 5.75 Å². The lowest BCUT2D eigenvalue weighted by molar-refractivity contribution is 1.09. The average molecular weight is 180 g/mol. The number of thiol groups is 1. The van der Waals surface area contributed by atoms with Crippen molar-refractivity contribution < 1.29 is 0 Å². The molecule has 0 heterocycles. The van der Waals surface area contributed by atoms with Crippen molar-refractivity contribution in [2.24, 2.45) is 0 Å². The molecule has 0 bridgehead atoms. The topological polar surface area (TPSA) is 0 Å². The van der Waals surface area contributed by atoms with Crippen LogP contribution in [0.15, 0.2) is 0 Å². The minimum atomic E-state index is 0.944. The van der Waals surface area contributed by atoms with Gasteiger partial charge in [0.15, 0.2) is 0 Å². The lowest BCUT2D eigenvalue weighted by Gasteiger charge is -1.48. The maximum Gasteiger partial charge on any atom is -0.0126 e. The normalized spacial score (nSPS) is 5.45. The lowest BCUT2D eigenvalue weighted by atomic mass is 10.6. The molecular weight excluding hydrogens is 152 g/mol. The van der Waals surface area contributed by atoms with Gasteiger partial charge in [-0.25, -0.2) is 0 Å². The Labute approximate surface area is 80.2 Å². The summed E-state index contributed by atoms with van der Waals surface area (Å²) in [5.74, 6) is 0.944. The van der Waals surface area contributed by atoms with Crippen LogP contribution in [0.4, 0.5) is 0 Å². The molecule has 11 heavy (non-hydrogen) atoms. The van der Waals surface area contributed by atoms with Gasteiger partial charge in [-0.3, -0.25) is 0 Å². The lowest BCUT2D eigenvalue weighted by Crippen LogP contribution is -1.36. The molecule has 0 aromatic heterocycles. The molecule has 0 amide bonds. The van der Waals surface area contributed by atoms with E-state index in [0.717, 1.165) is 5.75 Å². The standard InChI is InChI=1S/2C3H8.C2H6S.C2H6/c2*1-3-2;1-2-3;1-2/h2*3H2,1-2H3;3H,2H2,1H3;1-2H3. The Morgan fingerprint density at radius 2 is 0.727 bits per heavy atom. The fourth-order valence-corrected chi connectivity index (χ4v) is 0. The van der Waals surface area contributed by atoms with E-state index in [9.17, 15) is 0 Å². The van der Waals surface area contributed by atoms with Crippen molar-refractivity contribution in [3.8, 4) is 0 Å². The van der Waals surface area contributed by atoms with Gasteiger partial charge in [-0.05, 0) is 5.75 Å². The first kappa shape index (κ1) is 22.5. The van der Waals surface area contributed by atoms with Crippen molar-refractivity contribution >= 4 is 12.6 Å². The molecule has 0 spiro atoms. The Bertz CT molecular complexity index is 9.59. The summed E-state index contributed by atoms with van der Waals surface area (Å²) >= 11 is 3.79. The third-order valence-electron chi connectivity index (χ3n) is 0. The van der Waals surface area contributed by atoms with Crippen molar-refractivity contribution in [2.75, 3.05) is 5.75 Å². The predicted octanol–water partition coefficient (Wildman–Crippen LogP) is 4.79. The highest BCUT2D eigenvalue weighted by atomic mass is 32.1. The van der Waals surface area contributed by atoms with Gasteiger partial charge in [-0.1, -0.05) is 61.3 Å². The summed E-state index contributed by atoms with van der Waals surface area (Å²) in [5.41, 5.74) is 0. The largest absolute Gasteiger partial charge is 0.180 e. The van der Waals surface area contributed by atoms with Crippen LogP contribution >= 0.6 is 12.6 Å².